The number of fused-ring (bicyclic) bond motifs is 3. The highest BCUT2D eigenvalue weighted by Crippen LogP contribution is 2.41. The van der Waals surface area contributed by atoms with Crippen LogP contribution in [0.3, 0.4) is 0 Å². The lowest BCUT2D eigenvalue weighted by Crippen LogP contribution is -2.46. The summed E-state index contributed by atoms with van der Waals surface area (Å²) >= 11 is 0. The second kappa shape index (κ2) is 10.2. The van der Waals surface area contributed by atoms with Crippen LogP contribution >= 0.6 is 0 Å². The van der Waals surface area contributed by atoms with Crippen molar-refractivity contribution in [3.8, 4) is 0 Å². The highest BCUT2D eigenvalue weighted by molar-refractivity contribution is 5.97. The summed E-state index contributed by atoms with van der Waals surface area (Å²) < 4.78 is 29.6. The Morgan fingerprint density at radius 3 is 2.03 bits per heavy atom. The first-order valence-electron chi connectivity index (χ1n) is 12.8. The molecule has 3 heterocycles. The summed E-state index contributed by atoms with van der Waals surface area (Å²) in [5, 5.41) is 6.08. The Bertz CT molecular complexity index is 705. The number of hydrogen-bond acceptors (Lipinski definition) is 7. The minimum absolute atomic E-state index is 0.0911. The van der Waals surface area contributed by atoms with E-state index in [1.54, 1.807) is 0 Å². The van der Waals surface area contributed by atoms with E-state index in [0.717, 1.165) is 57.3 Å². The van der Waals surface area contributed by atoms with Crippen molar-refractivity contribution in [2.75, 3.05) is 6.61 Å². The van der Waals surface area contributed by atoms with Gasteiger partial charge in [-0.1, -0.05) is 6.92 Å². The zero-order valence-electron chi connectivity index (χ0n) is 19.7. The summed E-state index contributed by atoms with van der Waals surface area (Å²) in [5.41, 5.74) is 0. The normalized spacial score (nSPS) is 45.2. The molecule has 33 heavy (non-hydrogen) atoms. The van der Waals surface area contributed by atoms with Crippen molar-refractivity contribution < 1.29 is 33.3 Å². The maximum Gasteiger partial charge on any atom is 0.229 e. The average Bonchev–Trinajstić information content (AvgIpc) is 3.34. The average molecular weight is 467 g/mol. The third-order valence-electron chi connectivity index (χ3n) is 7.89. The Hall–Kier alpha value is -1.26. The molecule has 6 unspecified atom stereocenters. The van der Waals surface area contributed by atoms with Gasteiger partial charge >= 0.3 is 0 Å². The molecule has 2 aliphatic carbocycles. The van der Waals surface area contributed by atoms with Gasteiger partial charge < -0.3 is 34.3 Å². The fourth-order valence-corrected chi connectivity index (χ4v) is 5.92. The van der Waals surface area contributed by atoms with E-state index in [-0.39, 0.29) is 67.1 Å². The van der Waals surface area contributed by atoms with Gasteiger partial charge in [-0.15, -0.1) is 0 Å². The van der Waals surface area contributed by atoms with Crippen molar-refractivity contribution in [3.05, 3.63) is 0 Å². The van der Waals surface area contributed by atoms with E-state index in [2.05, 4.69) is 17.6 Å². The van der Waals surface area contributed by atoms with Gasteiger partial charge in [0, 0.05) is 18.0 Å². The molecule has 0 aromatic carbocycles. The van der Waals surface area contributed by atoms with Crippen LogP contribution in [-0.4, -0.2) is 67.7 Å². The molecule has 0 aromatic heterocycles. The predicted molar refractivity (Wildman–Crippen MR) is 117 cm³/mol. The van der Waals surface area contributed by atoms with E-state index in [1.165, 1.54) is 0 Å². The molecule has 5 aliphatic rings. The van der Waals surface area contributed by atoms with Crippen LogP contribution in [0.1, 0.15) is 71.6 Å². The van der Waals surface area contributed by atoms with E-state index in [9.17, 15) is 9.59 Å². The van der Waals surface area contributed by atoms with Crippen LogP contribution < -0.4 is 10.6 Å². The van der Waals surface area contributed by atoms with Crippen molar-refractivity contribution >= 4 is 11.8 Å². The van der Waals surface area contributed by atoms with Crippen LogP contribution in [0.15, 0.2) is 0 Å². The van der Waals surface area contributed by atoms with Crippen molar-refractivity contribution in [1.82, 2.24) is 10.6 Å². The van der Waals surface area contributed by atoms with Crippen molar-refractivity contribution in [3.63, 3.8) is 0 Å². The molecule has 9 nitrogen and oxygen atoms in total. The Balaban J connectivity index is 1.01. The first-order valence-corrected chi connectivity index (χ1v) is 12.8. The van der Waals surface area contributed by atoms with Gasteiger partial charge in [-0.3, -0.25) is 9.59 Å². The molecule has 0 radical (unpaired) electrons. The van der Waals surface area contributed by atoms with E-state index in [0.29, 0.717) is 6.61 Å². The van der Waals surface area contributed by atoms with Gasteiger partial charge in [0.25, 0.3) is 0 Å². The quantitative estimate of drug-likeness (QED) is 0.597. The molecule has 5 rings (SSSR count). The lowest BCUT2D eigenvalue weighted by molar-refractivity contribution is -0.268. The van der Waals surface area contributed by atoms with Crippen LogP contribution in [0.5, 0.6) is 0 Å². The van der Waals surface area contributed by atoms with Crippen molar-refractivity contribution in [1.29, 1.82) is 0 Å². The molecule has 2 N–H and O–H groups in total. The molecule has 0 bridgehead atoms. The zero-order valence-corrected chi connectivity index (χ0v) is 19.7. The second-order valence-corrected chi connectivity index (χ2v) is 10.5. The van der Waals surface area contributed by atoms with E-state index < -0.39 is 6.29 Å². The first-order chi connectivity index (χ1) is 15.9. The highest BCUT2D eigenvalue weighted by Gasteiger charge is 2.56. The van der Waals surface area contributed by atoms with Crippen LogP contribution in [-0.2, 0) is 33.3 Å². The van der Waals surface area contributed by atoms with Crippen LogP contribution in [0, 0.1) is 11.8 Å². The molecule has 9 heteroatoms. The van der Waals surface area contributed by atoms with E-state index in [4.69, 9.17) is 23.7 Å². The number of amides is 2. The standard InChI is InChI=1S/C24H38N2O7/c1-13-3-7-16(8-4-13)25-19(27)11-20(28)26-17-9-5-15(6-10-17)23-32-22-21-18(31-24(22)33-23)12-29-14(2)30-21/h13-18,21-24H,3-12H2,1-2H3,(H,25,27)(H,26,28). The first kappa shape index (κ1) is 23.5. The lowest BCUT2D eigenvalue weighted by Gasteiger charge is -2.34. The van der Waals surface area contributed by atoms with Gasteiger partial charge in [-0.05, 0) is 64.2 Å². The largest absolute Gasteiger partial charge is 0.353 e. The smallest absolute Gasteiger partial charge is 0.229 e. The van der Waals surface area contributed by atoms with Gasteiger partial charge in [-0.2, -0.15) is 0 Å². The molecule has 5 fully saturated rings. The molecule has 0 spiro atoms. The molecule has 2 saturated carbocycles. The molecule has 2 amide bonds. The maximum atomic E-state index is 12.4. The number of rotatable bonds is 5. The number of nitrogens with one attached hydrogen (secondary N) is 2. The Kier molecular flexibility index (Phi) is 7.23. The maximum absolute atomic E-state index is 12.4. The monoisotopic (exact) mass is 466 g/mol. The fourth-order valence-electron chi connectivity index (χ4n) is 5.92. The summed E-state index contributed by atoms with van der Waals surface area (Å²) in [7, 11) is 0. The second-order valence-electron chi connectivity index (χ2n) is 10.5. The predicted octanol–water partition coefficient (Wildman–Crippen LogP) is 1.97. The van der Waals surface area contributed by atoms with Gasteiger partial charge in [0.05, 0.1) is 6.61 Å². The van der Waals surface area contributed by atoms with Gasteiger partial charge in [-0.25, -0.2) is 0 Å². The Morgan fingerprint density at radius 1 is 0.727 bits per heavy atom. The number of hydrogen-bond donors (Lipinski definition) is 2. The van der Waals surface area contributed by atoms with Crippen molar-refractivity contribution in [2.45, 2.75) is 121 Å². The lowest BCUT2D eigenvalue weighted by atomic mass is 9.85. The molecular weight excluding hydrogens is 428 g/mol. The van der Waals surface area contributed by atoms with Crippen LogP contribution in [0.25, 0.3) is 0 Å². The van der Waals surface area contributed by atoms with Crippen LogP contribution in [0.2, 0.25) is 0 Å². The Labute approximate surface area is 195 Å². The van der Waals surface area contributed by atoms with E-state index >= 15 is 0 Å². The highest BCUT2D eigenvalue weighted by atomic mass is 16.8. The molecule has 6 atom stereocenters. The molecule has 3 saturated heterocycles. The third-order valence-corrected chi connectivity index (χ3v) is 7.89. The third kappa shape index (κ3) is 5.53. The van der Waals surface area contributed by atoms with E-state index in [1.807, 2.05) is 6.92 Å². The number of carbonyl (C=O) groups excluding carboxylic acids is 2. The SMILES string of the molecule is CC1CCC(NC(=O)CC(=O)NC2CCC(C3OC4OC5COC(C)OC5C4O3)CC2)CC1. The summed E-state index contributed by atoms with van der Waals surface area (Å²) in [4.78, 5) is 24.6. The minimum Gasteiger partial charge on any atom is -0.353 e. The number of ether oxygens (including phenoxy) is 5. The molecular formula is C24H38N2O7. The summed E-state index contributed by atoms with van der Waals surface area (Å²) in [6.07, 6.45) is 6.26. The molecule has 186 valence electrons. The fraction of sp³-hybridized carbons (Fsp3) is 0.917. The minimum atomic E-state index is -0.401. The van der Waals surface area contributed by atoms with Gasteiger partial charge in [0.15, 0.2) is 18.9 Å². The van der Waals surface area contributed by atoms with Crippen LogP contribution in [0.4, 0.5) is 0 Å². The zero-order chi connectivity index (χ0) is 22.9. The van der Waals surface area contributed by atoms with Gasteiger partial charge in [0.1, 0.15) is 24.7 Å². The van der Waals surface area contributed by atoms with Gasteiger partial charge in [0.2, 0.25) is 11.8 Å². The molecule has 0 aromatic rings. The Morgan fingerprint density at radius 2 is 1.36 bits per heavy atom. The summed E-state index contributed by atoms with van der Waals surface area (Å²) in [6, 6.07) is 0.315. The summed E-state index contributed by atoms with van der Waals surface area (Å²) in [5.74, 6) is 0.649. The number of carbonyl (C=O) groups is 2. The molecule has 3 aliphatic heterocycles. The topological polar surface area (TPSA) is 104 Å². The summed E-state index contributed by atoms with van der Waals surface area (Å²) in [6.45, 7) is 4.63. The van der Waals surface area contributed by atoms with Crippen molar-refractivity contribution in [2.24, 2.45) is 11.8 Å².